The Balaban J connectivity index is 1.81. The van der Waals surface area contributed by atoms with Crippen molar-refractivity contribution in [3.05, 3.63) is 34.9 Å². The minimum absolute atomic E-state index is 0.0437. The Bertz CT molecular complexity index is 587. The molecule has 20 heavy (non-hydrogen) atoms. The number of nitrogens with one attached hydrogen (secondary N) is 1. The summed E-state index contributed by atoms with van der Waals surface area (Å²) in [5.74, 6) is 0. The van der Waals surface area contributed by atoms with E-state index >= 15 is 0 Å². The Morgan fingerprint density at radius 2 is 2.20 bits per heavy atom. The molecular weight excluding hydrogens is 252 g/mol. The molecular formula is C15H24N4O. The molecule has 5 heteroatoms. The third-order valence-electron chi connectivity index (χ3n) is 3.49. The summed E-state index contributed by atoms with van der Waals surface area (Å²) in [5.41, 5.74) is 0.674. The van der Waals surface area contributed by atoms with E-state index in [-0.39, 0.29) is 5.69 Å². The Morgan fingerprint density at radius 3 is 2.95 bits per heavy atom. The van der Waals surface area contributed by atoms with Crippen molar-refractivity contribution >= 4 is 5.65 Å². The van der Waals surface area contributed by atoms with Gasteiger partial charge in [-0.3, -0.25) is 4.40 Å². The van der Waals surface area contributed by atoms with Gasteiger partial charge in [0.1, 0.15) is 0 Å². The van der Waals surface area contributed by atoms with E-state index in [4.69, 9.17) is 0 Å². The van der Waals surface area contributed by atoms with Gasteiger partial charge in [-0.05, 0) is 44.9 Å². The van der Waals surface area contributed by atoms with Crippen molar-refractivity contribution in [1.82, 2.24) is 19.5 Å². The van der Waals surface area contributed by atoms with E-state index in [2.05, 4.69) is 24.3 Å². The zero-order valence-electron chi connectivity index (χ0n) is 12.4. The van der Waals surface area contributed by atoms with Gasteiger partial charge in [-0.15, -0.1) is 5.10 Å². The van der Waals surface area contributed by atoms with Crippen molar-refractivity contribution in [3.63, 3.8) is 0 Å². The van der Waals surface area contributed by atoms with Crippen LogP contribution in [0.2, 0.25) is 0 Å². The van der Waals surface area contributed by atoms with Gasteiger partial charge in [-0.1, -0.05) is 19.4 Å². The third-order valence-corrected chi connectivity index (χ3v) is 3.49. The van der Waals surface area contributed by atoms with Crippen LogP contribution in [0.3, 0.4) is 0 Å². The molecule has 0 saturated carbocycles. The van der Waals surface area contributed by atoms with Crippen LogP contribution in [0.15, 0.2) is 29.2 Å². The molecule has 0 radical (unpaired) electrons. The highest BCUT2D eigenvalue weighted by Gasteiger charge is 2.06. The maximum Gasteiger partial charge on any atom is 0.350 e. The molecule has 0 aliphatic heterocycles. The van der Waals surface area contributed by atoms with E-state index in [9.17, 15) is 4.79 Å². The molecule has 0 aromatic carbocycles. The molecule has 5 nitrogen and oxygen atoms in total. The number of nitrogens with zero attached hydrogens (tertiary/aromatic N) is 3. The number of aromatic nitrogens is 3. The van der Waals surface area contributed by atoms with Crippen LogP contribution >= 0.6 is 0 Å². The summed E-state index contributed by atoms with van der Waals surface area (Å²) in [7, 11) is 0. The molecule has 1 N–H and O–H groups in total. The predicted molar refractivity (Wildman–Crippen MR) is 81.1 cm³/mol. The zero-order valence-corrected chi connectivity index (χ0v) is 12.4. The summed E-state index contributed by atoms with van der Waals surface area (Å²) in [6.07, 6.45) is 6.17. The van der Waals surface area contributed by atoms with Crippen molar-refractivity contribution in [2.75, 3.05) is 6.54 Å². The van der Waals surface area contributed by atoms with Gasteiger partial charge in [0.2, 0.25) is 0 Å². The summed E-state index contributed by atoms with van der Waals surface area (Å²) < 4.78 is 3.16. The molecule has 0 fully saturated rings. The highest BCUT2D eigenvalue weighted by Crippen LogP contribution is 2.02. The van der Waals surface area contributed by atoms with Crippen LogP contribution in [0.1, 0.15) is 39.5 Å². The molecule has 110 valence electrons. The molecule has 0 aliphatic rings. The zero-order chi connectivity index (χ0) is 14.4. The summed E-state index contributed by atoms with van der Waals surface area (Å²) in [5, 5.41) is 7.81. The topological polar surface area (TPSA) is 51.3 Å². The van der Waals surface area contributed by atoms with E-state index < -0.39 is 0 Å². The fourth-order valence-corrected chi connectivity index (χ4v) is 2.32. The van der Waals surface area contributed by atoms with Crippen LogP contribution < -0.4 is 11.0 Å². The molecule has 0 aliphatic carbocycles. The van der Waals surface area contributed by atoms with Gasteiger partial charge >= 0.3 is 5.69 Å². The molecule has 2 aromatic rings. The minimum Gasteiger partial charge on any atom is -0.314 e. The molecule has 0 spiro atoms. The van der Waals surface area contributed by atoms with E-state index in [1.54, 1.807) is 15.3 Å². The standard InChI is InChI=1S/C15H24N4O/c1-3-10-16-13(2)8-4-7-12-19-15(20)18-11-6-5-9-14(18)17-19/h5-6,9,11,13,16H,3-4,7-8,10,12H2,1-2H3. The number of unbranched alkanes of at least 4 members (excludes halogenated alkanes) is 1. The number of hydrogen-bond donors (Lipinski definition) is 1. The van der Waals surface area contributed by atoms with E-state index in [0.29, 0.717) is 12.6 Å². The highest BCUT2D eigenvalue weighted by molar-refractivity contribution is 5.35. The maximum atomic E-state index is 12.0. The van der Waals surface area contributed by atoms with E-state index in [1.807, 2.05) is 18.2 Å². The number of hydrogen-bond acceptors (Lipinski definition) is 3. The van der Waals surface area contributed by atoms with Gasteiger partial charge in [-0.25, -0.2) is 9.48 Å². The Hall–Kier alpha value is -1.62. The first-order valence-corrected chi connectivity index (χ1v) is 7.50. The second kappa shape index (κ2) is 7.24. The lowest BCUT2D eigenvalue weighted by molar-refractivity contribution is 0.463. The number of fused-ring (bicyclic) bond motifs is 1. The lowest BCUT2D eigenvalue weighted by Crippen LogP contribution is -2.26. The monoisotopic (exact) mass is 276 g/mol. The largest absolute Gasteiger partial charge is 0.350 e. The second-order valence-electron chi connectivity index (χ2n) is 5.29. The Morgan fingerprint density at radius 1 is 1.35 bits per heavy atom. The van der Waals surface area contributed by atoms with Gasteiger partial charge in [0.05, 0.1) is 0 Å². The first-order valence-electron chi connectivity index (χ1n) is 7.50. The summed E-state index contributed by atoms with van der Waals surface area (Å²) in [6, 6.07) is 6.15. The van der Waals surface area contributed by atoms with Gasteiger partial charge in [0.15, 0.2) is 5.65 Å². The van der Waals surface area contributed by atoms with E-state index in [1.165, 1.54) is 6.42 Å². The van der Waals surface area contributed by atoms with Gasteiger partial charge in [-0.2, -0.15) is 0 Å². The van der Waals surface area contributed by atoms with Crippen molar-refractivity contribution in [2.45, 2.75) is 52.1 Å². The second-order valence-corrected chi connectivity index (χ2v) is 5.29. The fraction of sp³-hybridized carbons (Fsp3) is 0.600. The maximum absolute atomic E-state index is 12.0. The van der Waals surface area contributed by atoms with Crippen LogP contribution in [0.25, 0.3) is 5.65 Å². The normalized spacial score (nSPS) is 12.9. The smallest absolute Gasteiger partial charge is 0.314 e. The first-order chi connectivity index (χ1) is 9.72. The van der Waals surface area contributed by atoms with Gasteiger partial charge in [0.25, 0.3) is 0 Å². The highest BCUT2D eigenvalue weighted by atomic mass is 16.2. The SMILES string of the molecule is CCCNC(C)CCCCn1nc2ccccn2c1=O. The van der Waals surface area contributed by atoms with Crippen LogP contribution in [0.5, 0.6) is 0 Å². The molecule has 1 atom stereocenters. The Labute approximate surface area is 119 Å². The molecule has 1 unspecified atom stereocenters. The fourth-order valence-electron chi connectivity index (χ4n) is 2.32. The number of aryl methyl sites for hydroxylation is 1. The molecule has 2 rings (SSSR count). The first kappa shape index (κ1) is 14.8. The van der Waals surface area contributed by atoms with Gasteiger partial charge in [0, 0.05) is 18.8 Å². The lowest BCUT2D eigenvalue weighted by atomic mass is 10.1. The quantitative estimate of drug-likeness (QED) is 0.751. The lowest BCUT2D eigenvalue weighted by Gasteiger charge is -2.12. The Kier molecular flexibility index (Phi) is 5.35. The molecule has 0 saturated heterocycles. The van der Waals surface area contributed by atoms with E-state index in [0.717, 1.165) is 31.5 Å². The summed E-state index contributed by atoms with van der Waals surface area (Å²) in [4.78, 5) is 12.0. The van der Waals surface area contributed by atoms with Crippen molar-refractivity contribution in [3.8, 4) is 0 Å². The summed E-state index contributed by atoms with van der Waals surface area (Å²) in [6.45, 7) is 6.16. The third kappa shape index (κ3) is 3.70. The van der Waals surface area contributed by atoms with Gasteiger partial charge < -0.3 is 5.32 Å². The van der Waals surface area contributed by atoms with Crippen LogP contribution in [-0.4, -0.2) is 26.8 Å². The molecule has 0 amide bonds. The average Bonchev–Trinajstić information content (AvgIpc) is 2.78. The molecule has 0 bridgehead atoms. The molecule has 2 aromatic heterocycles. The minimum atomic E-state index is -0.0437. The van der Waals surface area contributed by atoms with Crippen LogP contribution in [0.4, 0.5) is 0 Å². The van der Waals surface area contributed by atoms with Crippen LogP contribution in [0, 0.1) is 0 Å². The molecule has 2 heterocycles. The number of rotatable bonds is 8. The summed E-state index contributed by atoms with van der Waals surface area (Å²) >= 11 is 0. The van der Waals surface area contributed by atoms with Crippen LogP contribution in [-0.2, 0) is 6.54 Å². The van der Waals surface area contributed by atoms with Crippen molar-refractivity contribution in [1.29, 1.82) is 0 Å². The predicted octanol–water partition coefficient (Wildman–Crippen LogP) is 2.05. The number of pyridine rings is 1. The van der Waals surface area contributed by atoms with Crippen molar-refractivity contribution < 1.29 is 0 Å². The van der Waals surface area contributed by atoms with Crippen molar-refractivity contribution in [2.24, 2.45) is 0 Å². The average molecular weight is 276 g/mol.